The Kier molecular flexibility index (Phi) is 4.85. The first kappa shape index (κ1) is 12.8. The molecule has 0 aliphatic heterocycles. The highest BCUT2D eigenvalue weighted by Gasteiger charge is 2.25. The fourth-order valence-corrected chi connectivity index (χ4v) is 1.42. The summed E-state index contributed by atoms with van der Waals surface area (Å²) < 4.78 is 36.5. The van der Waals surface area contributed by atoms with E-state index in [1.54, 1.807) is 0 Å². The monoisotopic (exact) mass is 329 g/mol. The second kappa shape index (κ2) is 5.69. The zero-order valence-corrected chi connectivity index (χ0v) is 10.1. The second-order valence-electron chi connectivity index (χ2n) is 3.17. The van der Waals surface area contributed by atoms with Crippen LogP contribution in [0.4, 0.5) is 13.2 Å². The minimum Gasteiger partial charge on any atom is -0.312 e. The summed E-state index contributed by atoms with van der Waals surface area (Å²) >= 11 is 2.18. The molecule has 0 saturated carbocycles. The maximum atomic E-state index is 11.8. The summed E-state index contributed by atoms with van der Waals surface area (Å²) in [7, 11) is 0. The predicted octanol–water partition coefficient (Wildman–Crippen LogP) is 3.33. The Bertz CT molecular complexity index is 295. The van der Waals surface area contributed by atoms with Gasteiger partial charge in [0.25, 0.3) is 0 Å². The van der Waals surface area contributed by atoms with Crippen LogP contribution in [-0.2, 0) is 6.54 Å². The molecule has 0 fully saturated rings. The zero-order chi connectivity index (χ0) is 11.3. The van der Waals surface area contributed by atoms with E-state index in [4.69, 9.17) is 0 Å². The normalized spacial score (nSPS) is 11.7. The largest absolute Gasteiger partial charge is 0.390 e. The van der Waals surface area contributed by atoms with Gasteiger partial charge in [0.2, 0.25) is 0 Å². The molecule has 0 heterocycles. The SMILES string of the molecule is FC(F)(F)CCNCc1ccc(I)cc1. The van der Waals surface area contributed by atoms with Crippen LogP contribution in [-0.4, -0.2) is 12.7 Å². The molecule has 0 unspecified atom stereocenters. The smallest absolute Gasteiger partial charge is 0.312 e. The molecule has 1 rings (SSSR count). The maximum Gasteiger partial charge on any atom is 0.390 e. The summed E-state index contributed by atoms with van der Waals surface area (Å²) in [4.78, 5) is 0. The first-order valence-corrected chi connectivity index (χ1v) is 5.57. The van der Waals surface area contributed by atoms with Crippen molar-refractivity contribution in [1.29, 1.82) is 0 Å². The van der Waals surface area contributed by atoms with Gasteiger partial charge in [-0.05, 0) is 40.3 Å². The van der Waals surface area contributed by atoms with Crippen molar-refractivity contribution < 1.29 is 13.2 Å². The van der Waals surface area contributed by atoms with Crippen LogP contribution in [0.5, 0.6) is 0 Å². The number of halogens is 4. The number of hydrogen-bond acceptors (Lipinski definition) is 1. The van der Waals surface area contributed by atoms with Gasteiger partial charge >= 0.3 is 6.18 Å². The molecular formula is C10H11F3IN. The van der Waals surface area contributed by atoms with Crippen LogP contribution in [0, 0.1) is 3.57 Å². The van der Waals surface area contributed by atoms with Crippen LogP contribution >= 0.6 is 22.6 Å². The third-order valence-electron chi connectivity index (χ3n) is 1.83. The molecule has 0 bridgehead atoms. The van der Waals surface area contributed by atoms with Gasteiger partial charge in [-0.1, -0.05) is 12.1 Å². The molecule has 0 spiro atoms. The van der Waals surface area contributed by atoms with Crippen molar-refractivity contribution in [2.24, 2.45) is 0 Å². The van der Waals surface area contributed by atoms with Crippen molar-refractivity contribution in [3.05, 3.63) is 33.4 Å². The average molecular weight is 329 g/mol. The van der Waals surface area contributed by atoms with Crippen LogP contribution in [0.15, 0.2) is 24.3 Å². The summed E-state index contributed by atoms with van der Waals surface area (Å²) in [6, 6.07) is 7.67. The van der Waals surface area contributed by atoms with E-state index in [0.29, 0.717) is 6.54 Å². The van der Waals surface area contributed by atoms with Crippen molar-refractivity contribution in [3.8, 4) is 0 Å². The van der Waals surface area contributed by atoms with Crippen molar-refractivity contribution in [2.75, 3.05) is 6.54 Å². The summed E-state index contributed by atoms with van der Waals surface area (Å²) in [5.41, 5.74) is 0.998. The van der Waals surface area contributed by atoms with E-state index < -0.39 is 12.6 Å². The third kappa shape index (κ3) is 5.99. The highest BCUT2D eigenvalue weighted by Crippen LogP contribution is 2.18. The van der Waals surface area contributed by atoms with Crippen molar-refractivity contribution in [1.82, 2.24) is 5.32 Å². The van der Waals surface area contributed by atoms with Gasteiger partial charge in [0.05, 0.1) is 6.42 Å². The minimum atomic E-state index is -4.07. The van der Waals surface area contributed by atoms with Gasteiger partial charge in [-0.25, -0.2) is 0 Å². The second-order valence-corrected chi connectivity index (χ2v) is 4.41. The Labute approximate surface area is 100 Å². The van der Waals surface area contributed by atoms with Gasteiger partial charge in [0.1, 0.15) is 0 Å². The molecule has 0 aliphatic carbocycles. The summed E-state index contributed by atoms with van der Waals surface area (Å²) in [5.74, 6) is 0. The van der Waals surface area contributed by atoms with Crippen LogP contribution in [0.25, 0.3) is 0 Å². The number of benzene rings is 1. The number of nitrogens with one attached hydrogen (secondary N) is 1. The maximum absolute atomic E-state index is 11.8. The summed E-state index contributed by atoms with van der Waals surface area (Å²) in [6.07, 6.45) is -4.85. The first-order valence-electron chi connectivity index (χ1n) is 4.49. The van der Waals surface area contributed by atoms with Crippen LogP contribution < -0.4 is 5.32 Å². The summed E-state index contributed by atoms with van der Waals surface area (Å²) in [5, 5.41) is 2.76. The Morgan fingerprint density at radius 1 is 1.13 bits per heavy atom. The molecule has 0 radical (unpaired) electrons. The van der Waals surface area contributed by atoms with E-state index in [1.165, 1.54) is 0 Å². The van der Waals surface area contributed by atoms with Gasteiger partial charge in [0.15, 0.2) is 0 Å². The van der Waals surface area contributed by atoms with Crippen LogP contribution in [0.1, 0.15) is 12.0 Å². The van der Waals surface area contributed by atoms with Gasteiger partial charge in [0, 0.05) is 16.7 Å². The molecule has 1 aromatic carbocycles. The Morgan fingerprint density at radius 3 is 2.27 bits per heavy atom. The van der Waals surface area contributed by atoms with Crippen molar-refractivity contribution in [2.45, 2.75) is 19.1 Å². The summed E-state index contributed by atoms with van der Waals surface area (Å²) in [6.45, 7) is 0.447. The molecule has 1 aromatic rings. The molecule has 0 aromatic heterocycles. The van der Waals surface area contributed by atoms with E-state index in [0.717, 1.165) is 9.13 Å². The van der Waals surface area contributed by atoms with Crippen LogP contribution in [0.3, 0.4) is 0 Å². The molecule has 84 valence electrons. The number of rotatable bonds is 4. The molecule has 0 aliphatic rings. The molecule has 0 amide bonds. The number of hydrogen-bond donors (Lipinski definition) is 1. The third-order valence-corrected chi connectivity index (χ3v) is 2.55. The molecule has 5 heteroatoms. The van der Waals surface area contributed by atoms with Gasteiger partial charge in [-0.15, -0.1) is 0 Å². The lowest BCUT2D eigenvalue weighted by Crippen LogP contribution is -2.21. The molecule has 0 saturated heterocycles. The minimum absolute atomic E-state index is 0.0323. The molecule has 15 heavy (non-hydrogen) atoms. The van der Waals surface area contributed by atoms with E-state index in [1.807, 2.05) is 24.3 Å². The van der Waals surface area contributed by atoms with Gasteiger partial charge in [-0.3, -0.25) is 0 Å². The predicted molar refractivity (Wildman–Crippen MR) is 61.5 cm³/mol. The average Bonchev–Trinajstić information content (AvgIpc) is 2.14. The molecular weight excluding hydrogens is 318 g/mol. The van der Waals surface area contributed by atoms with E-state index in [-0.39, 0.29) is 6.54 Å². The van der Waals surface area contributed by atoms with E-state index in [9.17, 15) is 13.2 Å². The quantitative estimate of drug-likeness (QED) is 0.660. The molecule has 1 N–H and O–H groups in total. The van der Waals surface area contributed by atoms with Gasteiger partial charge in [-0.2, -0.15) is 13.2 Å². The van der Waals surface area contributed by atoms with Gasteiger partial charge < -0.3 is 5.32 Å². The van der Waals surface area contributed by atoms with Crippen molar-refractivity contribution >= 4 is 22.6 Å². The molecule has 1 nitrogen and oxygen atoms in total. The standard InChI is InChI=1S/C10H11F3IN/c11-10(12,13)5-6-15-7-8-1-3-9(14)4-2-8/h1-4,15H,5-7H2. The lowest BCUT2D eigenvalue weighted by Gasteiger charge is -2.07. The topological polar surface area (TPSA) is 12.0 Å². The number of alkyl halides is 3. The Balaban J connectivity index is 2.23. The first-order chi connectivity index (χ1) is 6.97. The fraction of sp³-hybridized carbons (Fsp3) is 0.400. The van der Waals surface area contributed by atoms with Crippen molar-refractivity contribution in [3.63, 3.8) is 0 Å². The zero-order valence-electron chi connectivity index (χ0n) is 7.94. The molecule has 0 atom stereocenters. The highest BCUT2D eigenvalue weighted by atomic mass is 127. The Morgan fingerprint density at radius 2 is 1.73 bits per heavy atom. The lowest BCUT2D eigenvalue weighted by atomic mass is 10.2. The lowest BCUT2D eigenvalue weighted by molar-refractivity contribution is -0.133. The van der Waals surface area contributed by atoms with Crippen LogP contribution in [0.2, 0.25) is 0 Å². The van der Waals surface area contributed by atoms with E-state index in [2.05, 4.69) is 27.9 Å². The van der Waals surface area contributed by atoms with E-state index >= 15 is 0 Å². The fourth-order valence-electron chi connectivity index (χ4n) is 1.07. The Hall–Kier alpha value is -0.300. The highest BCUT2D eigenvalue weighted by molar-refractivity contribution is 14.1.